The van der Waals surface area contributed by atoms with Crippen molar-refractivity contribution in [3.63, 3.8) is 0 Å². The van der Waals surface area contributed by atoms with E-state index in [1.165, 1.54) is 4.68 Å². The van der Waals surface area contributed by atoms with E-state index >= 15 is 0 Å². The van der Waals surface area contributed by atoms with Crippen LogP contribution in [0.1, 0.15) is 5.56 Å². The second-order valence-corrected chi connectivity index (χ2v) is 4.89. The Bertz CT molecular complexity index is 614. The summed E-state index contributed by atoms with van der Waals surface area (Å²) in [5.41, 5.74) is 6.22. The lowest BCUT2D eigenvalue weighted by atomic mass is 10.2. The van der Waals surface area contributed by atoms with Gasteiger partial charge in [0, 0.05) is 9.50 Å². The van der Waals surface area contributed by atoms with E-state index in [9.17, 15) is 10.1 Å². The molecule has 0 saturated heterocycles. The molecule has 0 aliphatic heterocycles. The monoisotopic (exact) mass is 330 g/mol. The number of aromatic nitrogens is 2. The van der Waals surface area contributed by atoms with Crippen LogP contribution in [-0.4, -0.2) is 14.7 Å². The number of benzene rings is 1. The molecule has 0 saturated carbocycles. The fraction of sp³-hybridized carbons (Fsp3) is 0.100. The van der Waals surface area contributed by atoms with Crippen molar-refractivity contribution in [1.82, 2.24) is 9.78 Å². The van der Waals surface area contributed by atoms with E-state index in [4.69, 9.17) is 17.3 Å². The van der Waals surface area contributed by atoms with Crippen LogP contribution in [0.4, 0.5) is 11.5 Å². The van der Waals surface area contributed by atoms with Crippen LogP contribution in [0, 0.1) is 10.1 Å². The Morgan fingerprint density at radius 1 is 1.56 bits per heavy atom. The molecule has 0 atom stereocenters. The van der Waals surface area contributed by atoms with Gasteiger partial charge in [0.05, 0.1) is 11.5 Å². The van der Waals surface area contributed by atoms with Gasteiger partial charge in [-0.2, -0.15) is 5.10 Å². The van der Waals surface area contributed by atoms with Crippen molar-refractivity contribution in [3.8, 4) is 0 Å². The van der Waals surface area contributed by atoms with Crippen molar-refractivity contribution >= 4 is 39.0 Å². The van der Waals surface area contributed by atoms with Crippen LogP contribution in [0.2, 0.25) is 5.02 Å². The molecule has 0 unspecified atom stereocenters. The Labute approximate surface area is 116 Å². The smallest absolute Gasteiger partial charge is 0.330 e. The second kappa shape index (κ2) is 4.95. The highest BCUT2D eigenvalue weighted by Crippen LogP contribution is 2.25. The molecule has 0 fully saturated rings. The Balaban J connectivity index is 2.32. The maximum Gasteiger partial charge on any atom is 0.330 e. The lowest BCUT2D eigenvalue weighted by Gasteiger charge is -2.06. The molecule has 1 heterocycles. The fourth-order valence-electron chi connectivity index (χ4n) is 1.46. The van der Waals surface area contributed by atoms with Crippen LogP contribution in [0.3, 0.4) is 0 Å². The highest BCUT2D eigenvalue weighted by molar-refractivity contribution is 9.10. The van der Waals surface area contributed by atoms with Crippen molar-refractivity contribution in [2.45, 2.75) is 6.54 Å². The lowest BCUT2D eigenvalue weighted by Crippen LogP contribution is -2.07. The van der Waals surface area contributed by atoms with Crippen LogP contribution >= 0.6 is 27.5 Å². The van der Waals surface area contributed by atoms with Crippen LogP contribution < -0.4 is 5.73 Å². The third-order valence-electron chi connectivity index (χ3n) is 2.39. The molecular formula is C10H8BrClN4O2. The molecule has 2 N–H and O–H groups in total. The Kier molecular flexibility index (Phi) is 3.53. The van der Waals surface area contributed by atoms with E-state index in [2.05, 4.69) is 21.0 Å². The summed E-state index contributed by atoms with van der Waals surface area (Å²) in [6, 6.07) is 5.37. The topological polar surface area (TPSA) is 87.0 Å². The maximum atomic E-state index is 10.6. The number of rotatable bonds is 3. The van der Waals surface area contributed by atoms with E-state index in [0.29, 0.717) is 5.02 Å². The molecule has 6 nitrogen and oxygen atoms in total. The summed E-state index contributed by atoms with van der Waals surface area (Å²) in [6.45, 7) is 0.284. The summed E-state index contributed by atoms with van der Waals surface area (Å²) in [6.07, 6.45) is 1.13. The molecular weight excluding hydrogens is 323 g/mol. The van der Waals surface area contributed by atoms with Gasteiger partial charge in [0.2, 0.25) is 5.82 Å². The van der Waals surface area contributed by atoms with Crippen molar-refractivity contribution in [2.24, 2.45) is 0 Å². The molecule has 0 radical (unpaired) electrons. The first kappa shape index (κ1) is 12.8. The van der Waals surface area contributed by atoms with E-state index in [0.717, 1.165) is 16.2 Å². The van der Waals surface area contributed by atoms with Crippen LogP contribution in [0.15, 0.2) is 28.9 Å². The molecule has 0 aliphatic rings. The van der Waals surface area contributed by atoms with Gasteiger partial charge in [-0.3, -0.25) is 10.1 Å². The third kappa shape index (κ3) is 2.46. The average Bonchev–Trinajstić information content (AvgIpc) is 2.64. The summed E-state index contributed by atoms with van der Waals surface area (Å²) < 4.78 is 2.20. The first-order valence-corrected chi connectivity index (χ1v) is 6.05. The average molecular weight is 332 g/mol. The minimum absolute atomic E-state index is 0.0129. The largest absolute Gasteiger partial charge is 0.378 e. The minimum Gasteiger partial charge on any atom is -0.378 e. The molecule has 94 valence electrons. The summed E-state index contributed by atoms with van der Waals surface area (Å²) in [4.78, 5) is 10.1. The number of hydrogen-bond donors (Lipinski definition) is 1. The van der Waals surface area contributed by atoms with Crippen LogP contribution in [-0.2, 0) is 6.54 Å². The number of nitrogens with zero attached hydrogens (tertiary/aromatic N) is 3. The van der Waals surface area contributed by atoms with Gasteiger partial charge in [-0.1, -0.05) is 33.6 Å². The van der Waals surface area contributed by atoms with Crippen molar-refractivity contribution in [2.75, 3.05) is 5.73 Å². The summed E-state index contributed by atoms with van der Waals surface area (Å²) in [7, 11) is 0. The SMILES string of the molecule is Nc1c([N+](=O)[O-])cnn1Cc1ccc(Br)cc1Cl. The molecule has 0 aliphatic carbocycles. The number of nitrogens with two attached hydrogens (primary N) is 1. The van der Waals surface area contributed by atoms with E-state index in [-0.39, 0.29) is 18.1 Å². The molecule has 0 spiro atoms. The first-order valence-electron chi connectivity index (χ1n) is 4.88. The van der Waals surface area contributed by atoms with Gasteiger partial charge < -0.3 is 5.73 Å². The van der Waals surface area contributed by atoms with Gasteiger partial charge in [-0.25, -0.2) is 4.68 Å². The van der Waals surface area contributed by atoms with E-state index < -0.39 is 4.92 Å². The normalized spacial score (nSPS) is 10.6. The highest BCUT2D eigenvalue weighted by atomic mass is 79.9. The molecule has 0 amide bonds. The second-order valence-electron chi connectivity index (χ2n) is 3.57. The molecule has 18 heavy (non-hydrogen) atoms. The predicted octanol–water partition coefficient (Wildman–Crippen LogP) is 2.84. The zero-order chi connectivity index (χ0) is 13.3. The van der Waals surface area contributed by atoms with Gasteiger partial charge in [0.15, 0.2) is 0 Å². The van der Waals surface area contributed by atoms with Crippen LogP contribution in [0.25, 0.3) is 0 Å². The van der Waals surface area contributed by atoms with E-state index in [1.54, 1.807) is 12.1 Å². The van der Waals surface area contributed by atoms with Crippen molar-refractivity contribution < 1.29 is 4.92 Å². The fourth-order valence-corrected chi connectivity index (χ4v) is 2.20. The number of nitro groups is 1. The summed E-state index contributed by atoms with van der Waals surface area (Å²) in [5.74, 6) is 0.0129. The van der Waals surface area contributed by atoms with Gasteiger partial charge in [-0.15, -0.1) is 0 Å². The number of hydrogen-bond acceptors (Lipinski definition) is 4. The van der Waals surface area contributed by atoms with Crippen LogP contribution in [0.5, 0.6) is 0 Å². The predicted molar refractivity (Wildman–Crippen MR) is 71.5 cm³/mol. The Morgan fingerprint density at radius 2 is 2.28 bits per heavy atom. The zero-order valence-corrected chi connectivity index (χ0v) is 11.3. The molecule has 1 aromatic carbocycles. The molecule has 2 rings (SSSR count). The maximum absolute atomic E-state index is 10.6. The van der Waals surface area contributed by atoms with Crippen molar-refractivity contribution in [1.29, 1.82) is 0 Å². The summed E-state index contributed by atoms with van der Waals surface area (Å²) >= 11 is 9.35. The summed E-state index contributed by atoms with van der Waals surface area (Å²) in [5, 5.41) is 15.1. The number of halogens is 2. The van der Waals surface area contributed by atoms with Gasteiger partial charge >= 0.3 is 5.69 Å². The van der Waals surface area contributed by atoms with Crippen molar-refractivity contribution in [3.05, 3.63) is 49.6 Å². The molecule has 8 heteroatoms. The Hall–Kier alpha value is -1.60. The zero-order valence-electron chi connectivity index (χ0n) is 9.01. The van der Waals surface area contributed by atoms with Gasteiger partial charge in [-0.05, 0) is 17.7 Å². The Morgan fingerprint density at radius 3 is 2.83 bits per heavy atom. The standard InChI is InChI=1S/C10H8BrClN4O2/c11-7-2-1-6(8(12)3-7)5-15-10(13)9(4-14-15)16(17)18/h1-4H,5,13H2. The first-order chi connectivity index (χ1) is 8.49. The highest BCUT2D eigenvalue weighted by Gasteiger charge is 2.17. The molecule has 1 aromatic heterocycles. The third-order valence-corrected chi connectivity index (χ3v) is 3.24. The molecule has 0 bridgehead atoms. The van der Waals surface area contributed by atoms with Gasteiger partial charge in [0.1, 0.15) is 6.20 Å². The van der Waals surface area contributed by atoms with E-state index in [1.807, 2.05) is 6.07 Å². The minimum atomic E-state index is -0.567. The number of nitrogen functional groups attached to an aromatic ring is 1. The van der Waals surface area contributed by atoms with Gasteiger partial charge in [0.25, 0.3) is 0 Å². The lowest BCUT2D eigenvalue weighted by molar-refractivity contribution is -0.384. The molecule has 2 aromatic rings. The quantitative estimate of drug-likeness (QED) is 0.692. The number of anilines is 1.